The Hall–Kier alpha value is -5.63. The Morgan fingerprint density at radius 3 is 1.85 bits per heavy atom. The summed E-state index contributed by atoms with van der Waals surface area (Å²) < 4.78 is 38.3. The second-order valence-electron chi connectivity index (χ2n) is 14.6. The number of amides is 2. The highest BCUT2D eigenvalue weighted by molar-refractivity contribution is 6.00. The molecular formula is C41H52N2O12. The van der Waals surface area contributed by atoms with Crippen molar-refractivity contribution in [2.75, 3.05) is 28.1 Å². The average molecular weight is 765 g/mol. The zero-order valence-electron chi connectivity index (χ0n) is 33.2. The standard InChI is InChI=1S/C41H52N2O12/c1-25(44)29-19-28(22-32(36(45)51-10)42-38(47)52-23-26-14-12-11-13-15-26)20-31(35(29)50-9)30-18-27(16-17-34(30)53-24-49-8)21-33(37(46)54-40(2,3)4)43-39(48)55-41(5,6)7/h11-20,32-33H,21-24H2,1-10H3,(H,42,47)(H,43,48)/t32-,33-/m0/s1. The van der Waals surface area contributed by atoms with Crippen molar-refractivity contribution in [3.63, 3.8) is 0 Å². The first kappa shape index (κ1) is 43.8. The summed E-state index contributed by atoms with van der Waals surface area (Å²) in [6, 6.07) is 15.1. The van der Waals surface area contributed by atoms with Gasteiger partial charge in [0.1, 0.15) is 41.4 Å². The van der Waals surface area contributed by atoms with Crippen molar-refractivity contribution >= 4 is 29.9 Å². The Balaban J connectivity index is 2.11. The van der Waals surface area contributed by atoms with Crippen LogP contribution < -0.4 is 20.1 Å². The summed E-state index contributed by atoms with van der Waals surface area (Å²) in [5, 5.41) is 5.20. The van der Waals surface area contributed by atoms with Crippen LogP contribution in [0.4, 0.5) is 9.59 Å². The lowest BCUT2D eigenvalue weighted by molar-refractivity contribution is -0.157. The van der Waals surface area contributed by atoms with E-state index in [2.05, 4.69) is 10.6 Å². The van der Waals surface area contributed by atoms with Gasteiger partial charge in [-0.2, -0.15) is 0 Å². The molecule has 0 spiro atoms. The molecule has 0 saturated heterocycles. The molecule has 0 saturated carbocycles. The molecule has 298 valence electrons. The monoisotopic (exact) mass is 764 g/mol. The Morgan fingerprint density at radius 1 is 0.673 bits per heavy atom. The van der Waals surface area contributed by atoms with Gasteiger partial charge in [-0.25, -0.2) is 19.2 Å². The topological polar surface area (TPSA) is 174 Å². The van der Waals surface area contributed by atoms with Gasteiger partial charge >= 0.3 is 24.1 Å². The molecule has 2 N–H and O–H groups in total. The number of Topliss-reactive ketones (excluding diaryl/α,β-unsaturated/α-hetero) is 1. The number of hydrogen-bond acceptors (Lipinski definition) is 12. The van der Waals surface area contributed by atoms with Crippen molar-refractivity contribution in [1.82, 2.24) is 10.6 Å². The Bertz CT molecular complexity index is 1810. The van der Waals surface area contributed by atoms with Crippen molar-refractivity contribution < 1.29 is 57.1 Å². The Morgan fingerprint density at radius 2 is 1.27 bits per heavy atom. The third-order valence-electron chi connectivity index (χ3n) is 7.65. The van der Waals surface area contributed by atoms with Gasteiger partial charge in [0.25, 0.3) is 0 Å². The van der Waals surface area contributed by atoms with E-state index in [1.165, 1.54) is 28.3 Å². The largest absolute Gasteiger partial charge is 0.495 e. The predicted molar refractivity (Wildman–Crippen MR) is 203 cm³/mol. The summed E-state index contributed by atoms with van der Waals surface area (Å²) >= 11 is 0. The molecule has 3 rings (SSSR count). The second-order valence-corrected chi connectivity index (χ2v) is 14.6. The number of ether oxygens (including phenoxy) is 7. The summed E-state index contributed by atoms with van der Waals surface area (Å²) in [7, 11) is 4.07. The number of benzene rings is 3. The highest BCUT2D eigenvalue weighted by Crippen LogP contribution is 2.41. The van der Waals surface area contributed by atoms with Crippen LogP contribution in [0.1, 0.15) is 75.5 Å². The molecule has 14 heteroatoms. The van der Waals surface area contributed by atoms with Gasteiger partial charge < -0.3 is 43.8 Å². The summed E-state index contributed by atoms with van der Waals surface area (Å²) in [6.07, 6.45) is -1.77. The first-order valence-corrected chi connectivity index (χ1v) is 17.6. The normalized spacial score (nSPS) is 12.4. The quantitative estimate of drug-likeness (QED) is 0.0719. The maximum Gasteiger partial charge on any atom is 0.408 e. The van der Waals surface area contributed by atoms with E-state index in [4.69, 9.17) is 33.2 Å². The van der Waals surface area contributed by atoms with Gasteiger partial charge in [-0.3, -0.25) is 4.79 Å². The van der Waals surface area contributed by atoms with Crippen LogP contribution in [0, 0.1) is 0 Å². The van der Waals surface area contributed by atoms with Crippen molar-refractivity contribution in [2.45, 2.75) is 91.2 Å². The molecule has 0 bridgehead atoms. The lowest BCUT2D eigenvalue weighted by Crippen LogP contribution is -2.47. The fourth-order valence-corrected chi connectivity index (χ4v) is 5.38. The second kappa shape index (κ2) is 19.6. The molecular weight excluding hydrogens is 712 g/mol. The molecule has 0 unspecified atom stereocenters. The number of ketones is 1. The molecule has 14 nitrogen and oxygen atoms in total. The lowest BCUT2D eigenvalue weighted by atomic mass is 9.91. The van der Waals surface area contributed by atoms with E-state index in [9.17, 15) is 24.0 Å². The van der Waals surface area contributed by atoms with E-state index in [0.717, 1.165) is 5.56 Å². The maximum absolute atomic E-state index is 13.4. The minimum absolute atomic E-state index is 0.0211. The number of alkyl carbamates (subject to hydrolysis) is 2. The molecule has 0 heterocycles. The van der Waals surface area contributed by atoms with E-state index in [1.807, 2.05) is 18.2 Å². The van der Waals surface area contributed by atoms with E-state index in [-0.39, 0.29) is 43.3 Å². The van der Waals surface area contributed by atoms with Crippen LogP contribution in [0.2, 0.25) is 0 Å². The minimum atomic E-state index is -1.20. The molecule has 0 aliphatic carbocycles. The number of rotatable bonds is 16. The molecule has 3 aromatic carbocycles. The molecule has 0 radical (unpaired) electrons. The van der Waals surface area contributed by atoms with Crippen LogP contribution in [-0.4, -0.2) is 81.3 Å². The molecule has 0 aliphatic rings. The molecule has 55 heavy (non-hydrogen) atoms. The molecule has 0 aromatic heterocycles. The zero-order valence-corrected chi connectivity index (χ0v) is 33.2. The summed E-state index contributed by atoms with van der Waals surface area (Å²) in [6.45, 7) is 11.5. The Kier molecular flexibility index (Phi) is 15.6. The third kappa shape index (κ3) is 13.9. The SMILES string of the molecule is COCOc1ccc(C[C@H](NC(=O)OC(C)(C)C)C(=O)OC(C)(C)C)cc1-c1cc(C[C@H](NC(=O)OCc2ccccc2)C(=O)OC)cc(C(C)=O)c1OC. The first-order valence-electron chi connectivity index (χ1n) is 17.6. The van der Waals surface area contributed by atoms with Crippen molar-refractivity contribution in [3.05, 3.63) is 82.9 Å². The van der Waals surface area contributed by atoms with Crippen LogP contribution in [-0.2, 0) is 52.7 Å². The summed E-state index contributed by atoms with van der Waals surface area (Å²) in [5.41, 5.74) is 1.12. The number of nitrogens with one attached hydrogen (secondary N) is 2. The zero-order chi connectivity index (χ0) is 40.9. The van der Waals surface area contributed by atoms with Gasteiger partial charge in [0.05, 0.1) is 19.8 Å². The number of esters is 2. The maximum atomic E-state index is 13.4. The fourth-order valence-electron chi connectivity index (χ4n) is 5.38. The fraction of sp³-hybridized carbons (Fsp3) is 0.439. The number of hydrogen-bond donors (Lipinski definition) is 2. The van der Waals surface area contributed by atoms with Crippen LogP contribution in [0.5, 0.6) is 11.5 Å². The van der Waals surface area contributed by atoms with Crippen molar-refractivity contribution in [3.8, 4) is 22.6 Å². The van der Waals surface area contributed by atoms with Gasteiger partial charge in [0.2, 0.25) is 0 Å². The smallest absolute Gasteiger partial charge is 0.408 e. The molecule has 0 fully saturated rings. The van der Waals surface area contributed by atoms with E-state index in [1.54, 1.807) is 84.0 Å². The number of carbonyl (C=O) groups is 5. The van der Waals surface area contributed by atoms with Crippen molar-refractivity contribution in [1.29, 1.82) is 0 Å². The lowest BCUT2D eigenvalue weighted by Gasteiger charge is -2.26. The Labute approximate surface area is 322 Å². The van der Waals surface area contributed by atoms with Crippen LogP contribution >= 0.6 is 0 Å². The molecule has 2 atom stereocenters. The van der Waals surface area contributed by atoms with Crippen molar-refractivity contribution in [2.24, 2.45) is 0 Å². The van der Waals surface area contributed by atoms with Crippen LogP contribution in [0.15, 0.2) is 60.7 Å². The van der Waals surface area contributed by atoms with Crippen LogP contribution in [0.25, 0.3) is 11.1 Å². The van der Waals surface area contributed by atoms with Gasteiger partial charge in [-0.05, 0) is 89.4 Å². The third-order valence-corrected chi connectivity index (χ3v) is 7.65. The highest BCUT2D eigenvalue weighted by atomic mass is 16.7. The van der Waals surface area contributed by atoms with E-state index in [0.29, 0.717) is 28.0 Å². The summed E-state index contributed by atoms with van der Waals surface area (Å²) in [5.74, 6) is -1.23. The molecule has 3 aromatic rings. The van der Waals surface area contributed by atoms with Crippen LogP contribution in [0.3, 0.4) is 0 Å². The van der Waals surface area contributed by atoms with Gasteiger partial charge in [0.15, 0.2) is 12.6 Å². The highest BCUT2D eigenvalue weighted by Gasteiger charge is 2.30. The number of carbonyl (C=O) groups excluding carboxylic acids is 5. The molecule has 0 aliphatic heterocycles. The van der Waals surface area contributed by atoms with Gasteiger partial charge in [-0.15, -0.1) is 0 Å². The van der Waals surface area contributed by atoms with E-state index >= 15 is 0 Å². The van der Waals surface area contributed by atoms with Gasteiger partial charge in [0, 0.05) is 31.1 Å². The predicted octanol–water partition coefficient (Wildman–Crippen LogP) is 6.34. The molecule has 2 amide bonds. The van der Waals surface area contributed by atoms with Gasteiger partial charge in [-0.1, -0.05) is 36.4 Å². The minimum Gasteiger partial charge on any atom is -0.495 e. The summed E-state index contributed by atoms with van der Waals surface area (Å²) in [4.78, 5) is 65.1. The number of methoxy groups -OCH3 is 3. The first-order chi connectivity index (χ1) is 25.8. The van der Waals surface area contributed by atoms with E-state index < -0.39 is 47.4 Å². The average Bonchev–Trinajstić information content (AvgIpc) is 3.11.